The number of anilines is 2. The highest BCUT2D eigenvalue weighted by Crippen LogP contribution is 2.25. The van der Waals surface area contributed by atoms with Gasteiger partial charge in [0.15, 0.2) is 0 Å². The Morgan fingerprint density at radius 3 is 3.00 bits per heavy atom. The van der Waals surface area contributed by atoms with E-state index in [-0.39, 0.29) is 0 Å². The predicted octanol–water partition coefficient (Wildman–Crippen LogP) is 3.18. The van der Waals surface area contributed by atoms with Crippen LogP contribution in [0.2, 0.25) is 5.02 Å². The van der Waals surface area contributed by atoms with Crippen molar-refractivity contribution in [1.82, 2.24) is 9.97 Å². The lowest BCUT2D eigenvalue weighted by atomic mass is 10.00. The van der Waals surface area contributed by atoms with E-state index in [1.54, 1.807) is 6.20 Å². The smallest absolute Gasteiger partial charge is 0.224 e. The summed E-state index contributed by atoms with van der Waals surface area (Å²) in [5.41, 5.74) is 0. The number of hydrogen-bond donors (Lipinski definition) is 2. The molecule has 1 saturated heterocycles. The molecule has 0 saturated carbocycles. The monoisotopic (exact) mass is 298 g/mol. The van der Waals surface area contributed by atoms with Gasteiger partial charge in [-0.1, -0.05) is 25.4 Å². The molecule has 1 fully saturated rings. The van der Waals surface area contributed by atoms with E-state index in [2.05, 4.69) is 34.4 Å². The SMILES string of the molecule is CCCNc1ncc(Cl)c(NCC2CCOC2CC)n1. The summed E-state index contributed by atoms with van der Waals surface area (Å²) in [7, 11) is 0. The largest absolute Gasteiger partial charge is 0.378 e. The van der Waals surface area contributed by atoms with Crippen molar-refractivity contribution < 1.29 is 4.74 Å². The lowest BCUT2D eigenvalue weighted by Crippen LogP contribution is -2.23. The van der Waals surface area contributed by atoms with Gasteiger partial charge in [-0.15, -0.1) is 0 Å². The molecule has 6 heteroatoms. The molecule has 0 aromatic carbocycles. The van der Waals surface area contributed by atoms with E-state index in [0.717, 1.165) is 39.0 Å². The summed E-state index contributed by atoms with van der Waals surface area (Å²) in [6.45, 7) is 6.81. The van der Waals surface area contributed by atoms with Gasteiger partial charge in [-0.25, -0.2) is 4.98 Å². The Kier molecular flexibility index (Phi) is 5.86. The molecule has 5 nitrogen and oxygen atoms in total. The first kappa shape index (κ1) is 15.3. The molecule has 2 heterocycles. The Hall–Kier alpha value is -1.07. The minimum absolute atomic E-state index is 0.348. The van der Waals surface area contributed by atoms with Gasteiger partial charge in [-0.05, 0) is 19.3 Å². The molecule has 0 spiro atoms. The molecule has 2 rings (SSSR count). The van der Waals surface area contributed by atoms with E-state index >= 15 is 0 Å². The topological polar surface area (TPSA) is 59.1 Å². The molecule has 0 radical (unpaired) electrons. The Morgan fingerprint density at radius 1 is 1.40 bits per heavy atom. The Labute approximate surface area is 125 Å². The Balaban J connectivity index is 1.94. The number of nitrogens with zero attached hydrogens (tertiary/aromatic N) is 2. The zero-order valence-electron chi connectivity index (χ0n) is 12.2. The van der Waals surface area contributed by atoms with Gasteiger partial charge in [0.1, 0.15) is 10.8 Å². The highest BCUT2D eigenvalue weighted by Gasteiger charge is 2.26. The van der Waals surface area contributed by atoms with Crippen LogP contribution in [-0.4, -0.2) is 35.8 Å². The average molecular weight is 299 g/mol. The second-order valence-corrected chi connectivity index (χ2v) is 5.47. The third-order valence-electron chi connectivity index (χ3n) is 3.56. The Morgan fingerprint density at radius 2 is 2.25 bits per heavy atom. The molecule has 20 heavy (non-hydrogen) atoms. The molecule has 2 unspecified atom stereocenters. The number of aromatic nitrogens is 2. The van der Waals surface area contributed by atoms with Crippen molar-refractivity contribution in [3.63, 3.8) is 0 Å². The van der Waals surface area contributed by atoms with Gasteiger partial charge >= 0.3 is 0 Å². The van der Waals surface area contributed by atoms with E-state index < -0.39 is 0 Å². The summed E-state index contributed by atoms with van der Waals surface area (Å²) < 4.78 is 5.69. The second kappa shape index (κ2) is 7.64. The van der Waals surface area contributed by atoms with E-state index in [1.165, 1.54) is 0 Å². The van der Waals surface area contributed by atoms with Crippen molar-refractivity contribution in [1.29, 1.82) is 0 Å². The maximum atomic E-state index is 6.14. The fourth-order valence-corrected chi connectivity index (χ4v) is 2.58. The zero-order chi connectivity index (χ0) is 14.4. The van der Waals surface area contributed by atoms with Gasteiger partial charge in [0, 0.05) is 25.6 Å². The van der Waals surface area contributed by atoms with Crippen molar-refractivity contribution >= 4 is 23.4 Å². The molecular weight excluding hydrogens is 276 g/mol. The van der Waals surface area contributed by atoms with Crippen LogP contribution in [0.15, 0.2) is 6.20 Å². The van der Waals surface area contributed by atoms with Gasteiger partial charge in [0.05, 0.1) is 12.3 Å². The molecule has 2 atom stereocenters. The third kappa shape index (κ3) is 3.96. The van der Waals surface area contributed by atoms with Crippen molar-refractivity contribution in [3.8, 4) is 0 Å². The number of nitrogens with one attached hydrogen (secondary N) is 2. The lowest BCUT2D eigenvalue weighted by Gasteiger charge is -2.18. The molecule has 1 aliphatic rings. The van der Waals surface area contributed by atoms with Gasteiger partial charge < -0.3 is 15.4 Å². The Bertz CT molecular complexity index is 430. The molecule has 2 N–H and O–H groups in total. The summed E-state index contributed by atoms with van der Waals surface area (Å²) >= 11 is 6.14. The molecule has 0 aliphatic carbocycles. The first-order chi connectivity index (χ1) is 9.74. The van der Waals surface area contributed by atoms with Crippen LogP contribution in [0.3, 0.4) is 0 Å². The van der Waals surface area contributed by atoms with E-state index in [4.69, 9.17) is 16.3 Å². The minimum atomic E-state index is 0.348. The summed E-state index contributed by atoms with van der Waals surface area (Å²) in [6, 6.07) is 0. The predicted molar refractivity (Wildman–Crippen MR) is 82.5 cm³/mol. The summed E-state index contributed by atoms with van der Waals surface area (Å²) in [5.74, 6) is 1.84. The van der Waals surface area contributed by atoms with Crippen molar-refractivity contribution in [3.05, 3.63) is 11.2 Å². The fourth-order valence-electron chi connectivity index (χ4n) is 2.42. The molecule has 0 amide bonds. The van der Waals surface area contributed by atoms with Crippen LogP contribution in [-0.2, 0) is 4.74 Å². The highest BCUT2D eigenvalue weighted by atomic mass is 35.5. The number of rotatable bonds is 7. The van der Waals surface area contributed by atoms with Gasteiger partial charge in [-0.2, -0.15) is 4.98 Å². The van der Waals surface area contributed by atoms with E-state index in [0.29, 0.717) is 28.8 Å². The average Bonchev–Trinajstić information content (AvgIpc) is 2.92. The normalized spacial score (nSPS) is 21.9. The van der Waals surface area contributed by atoms with Gasteiger partial charge in [-0.3, -0.25) is 0 Å². The summed E-state index contributed by atoms with van der Waals surface area (Å²) in [6.07, 6.45) is 5.16. The fraction of sp³-hybridized carbons (Fsp3) is 0.714. The van der Waals surface area contributed by atoms with E-state index in [9.17, 15) is 0 Å². The molecule has 0 bridgehead atoms. The van der Waals surface area contributed by atoms with Gasteiger partial charge in [0.25, 0.3) is 0 Å². The zero-order valence-corrected chi connectivity index (χ0v) is 12.9. The molecule has 1 aromatic rings. The van der Waals surface area contributed by atoms with Crippen LogP contribution in [0.4, 0.5) is 11.8 Å². The van der Waals surface area contributed by atoms with Crippen molar-refractivity contribution in [2.24, 2.45) is 5.92 Å². The van der Waals surface area contributed by atoms with Crippen molar-refractivity contribution in [2.75, 3.05) is 30.3 Å². The maximum Gasteiger partial charge on any atom is 0.224 e. The van der Waals surface area contributed by atoms with Crippen LogP contribution in [0.25, 0.3) is 0 Å². The van der Waals surface area contributed by atoms with Crippen LogP contribution >= 0.6 is 11.6 Å². The minimum Gasteiger partial charge on any atom is -0.378 e. The molecule has 112 valence electrons. The quantitative estimate of drug-likeness (QED) is 0.809. The molecular formula is C14H23ClN4O. The van der Waals surface area contributed by atoms with Crippen molar-refractivity contribution in [2.45, 2.75) is 39.2 Å². The number of halogens is 1. The number of hydrogen-bond acceptors (Lipinski definition) is 5. The van der Waals surface area contributed by atoms with Crippen LogP contribution < -0.4 is 10.6 Å². The van der Waals surface area contributed by atoms with Gasteiger partial charge in [0.2, 0.25) is 5.95 Å². The van der Waals surface area contributed by atoms with Crippen LogP contribution in [0.5, 0.6) is 0 Å². The first-order valence-corrected chi connectivity index (χ1v) is 7.74. The third-order valence-corrected chi connectivity index (χ3v) is 3.83. The van der Waals surface area contributed by atoms with E-state index in [1.807, 2.05) is 0 Å². The summed E-state index contributed by atoms with van der Waals surface area (Å²) in [5, 5.41) is 7.05. The standard InChI is InChI=1S/C14H23ClN4O/c1-3-6-16-14-18-9-11(15)13(19-14)17-8-10-5-7-20-12(10)4-2/h9-10,12H,3-8H2,1-2H3,(H2,16,17,18,19). The lowest BCUT2D eigenvalue weighted by molar-refractivity contribution is 0.0900. The highest BCUT2D eigenvalue weighted by molar-refractivity contribution is 6.32. The van der Waals surface area contributed by atoms with Crippen LogP contribution in [0, 0.1) is 5.92 Å². The molecule has 1 aliphatic heterocycles. The first-order valence-electron chi connectivity index (χ1n) is 7.36. The molecule has 1 aromatic heterocycles. The second-order valence-electron chi connectivity index (χ2n) is 5.06. The summed E-state index contributed by atoms with van der Waals surface area (Å²) in [4.78, 5) is 8.58. The number of ether oxygens (including phenoxy) is 1. The maximum absolute atomic E-state index is 6.14. The van der Waals surface area contributed by atoms with Crippen LogP contribution in [0.1, 0.15) is 33.1 Å².